The Hall–Kier alpha value is -2.70. The van der Waals surface area contributed by atoms with E-state index in [1.165, 1.54) is 25.5 Å². The number of halogens is 2. The minimum atomic E-state index is -0.486. The average Bonchev–Trinajstić information content (AvgIpc) is 3.65. The molecular weight excluding hydrogens is 477 g/mol. The van der Waals surface area contributed by atoms with E-state index in [0.29, 0.717) is 11.3 Å². The zero-order chi connectivity index (χ0) is 25.2. The van der Waals surface area contributed by atoms with Crippen molar-refractivity contribution in [1.82, 2.24) is 15.2 Å². The van der Waals surface area contributed by atoms with E-state index in [2.05, 4.69) is 10.2 Å². The molecule has 1 aliphatic heterocycles. The molecule has 5 rings (SSSR count). The Morgan fingerprint density at radius 3 is 2.61 bits per heavy atom. The van der Waals surface area contributed by atoms with Crippen molar-refractivity contribution in [2.75, 3.05) is 19.6 Å². The molecule has 3 aromatic rings. The van der Waals surface area contributed by atoms with Gasteiger partial charge in [-0.3, -0.25) is 4.79 Å². The molecule has 36 heavy (non-hydrogen) atoms. The van der Waals surface area contributed by atoms with Gasteiger partial charge in [-0.2, -0.15) is 0 Å². The summed E-state index contributed by atoms with van der Waals surface area (Å²) >= 11 is 6.06. The number of piperidine rings is 1. The third-order valence-electron chi connectivity index (χ3n) is 6.91. The molecule has 0 bridgehead atoms. The topological polar surface area (TPSA) is 54.5 Å². The summed E-state index contributed by atoms with van der Waals surface area (Å²) in [4.78, 5) is 20.1. The lowest BCUT2D eigenvalue weighted by Gasteiger charge is -2.32. The quantitative estimate of drug-likeness (QED) is 0.404. The van der Waals surface area contributed by atoms with E-state index in [1.54, 1.807) is 12.1 Å². The molecular formula is C29H33ClFN3O2. The van der Waals surface area contributed by atoms with Gasteiger partial charge in [0.1, 0.15) is 17.7 Å². The van der Waals surface area contributed by atoms with Gasteiger partial charge in [0.25, 0.3) is 0 Å². The van der Waals surface area contributed by atoms with E-state index < -0.39 is 5.82 Å². The first-order valence-corrected chi connectivity index (χ1v) is 13.3. The smallest absolute Gasteiger partial charge is 0.224 e. The van der Waals surface area contributed by atoms with E-state index in [1.807, 2.05) is 38.1 Å². The van der Waals surface area contributed by atoms with Crippen molar-refractivity contribution in [2.24, 2.45) is 5.92 Å². The lowest BCUT2D eigenvalue weighted by molar-refractivity contribution is -0.120. The number of ether oxygens (including phenoxy) is 1. The number of hydrogen-bond acceptors (Lipinski definition) is 4. The number of pyridine rings is 1. The van der Waals surface area contributed by atoms with Gasteiger partial charge in [0, 0.05) is 36.6 Å². The summed E-state index contributed by atoms with van der Waals surface area (Å²) in [5.74, 6) is 1.16. The Balaban J connectivity index is 1.39. The maximum absolute atomic E-state index is 13.8. The minimum absolute atomic E-state index is 0.0268. The third-order valence-corrected chi connectivity index (χ3v) is 7.20. The largest absolute Gasteiger partial charge is 0.490 e. The standard InChI is InChI=1S/C29H33ClFN3O2/c1-18(2)32-28(35)16-22-13-21-14-24(36-23-9-11-34(12-10-23)17-19-3-4-19)6-8-27(21)33-29(22)20-5-7-26(31)25(30)15-20/h5-8,13-15,18-19,23H,3-4,9-12,16-17H2,1-2H3,(H,32,35). The van der Waals surface area contributed by atoms with Crippen LogP contribution in [0.25, 0.3) is 22.2 Å². The fourth-order valence-electron chi connectivity index (χ4n) is 4.91. The van der Waals surface area contributed by atoms with Gasteiger partial charge in [-0.15, -0.1) is 0 Å². The van der Waals surface area contributed by atoms with Gasteiger partial charge in [-0.1, -0.05) is 11.6 Å². The molecule has 0 unspecified atom stereocenters. The molecule has 2 aliphatic rings. The minimum Gasteiger partial charge on any atom is -0.490 e. The first-order chi connectivity index (χ1) is 17.3. The van der Waals surface area contributed by atoms with Gasteiger partial charge in [-0.25, -0.2) is 9.37 Å². The zero-order valence-corrected chi connectivity index (χ0v) is 21.7. The zero-order valence-electron chi connectivity index (χ0n) is 20.9. The number of hydrogen-bond donors (Lipinski definition) is 1. The van der Waals surface area contributed by atoms with Crippen LogP contribution in [-0.2, 0) is 11.2 Å². The molecule has 1 N–H and O–H groups in total. The number of nitrogens with one attached hydrogen (secondary N) is 1. The number of fused-ring (bicyclic) bond motifs is 1. The van der Waals surface area contributed by atoms with Crippen molar-refractivity contribution in [3.63, 3.8) is 0 Å². The molecule has 5 nitrogen and oxygen atoms in total. The highest BCUT2D eigenvalue weighted by molar-refractivity contribution is 6.31. The van der Waals surface area contributed by atoms with E-state index >= 15 is 0 Å². The van der Waals surface area contributed by atoms with Crippen molar-refractivity contribution in [3.8, 4) is 17.0 Å². The number of aromatic nitrogens is 1. The third kappa shape index (κ3) is 6.16. The highest BCUT2D eigenvalue weighted by atomic mass is 35.5. The van der Waals surface area contributed by atoms with Crippen molar-refractivity contribution in [3.05, 3.63) is 58.9 Å². The van der Waals surface area contributed by atoms with Crippen molar-refractivity contribution in [2.45, 2.75) is 58.1 Å². The van der Waals surface area contributed by atoms with Gasteiger partial charge >= 0.3 is 0 Å². The maximum atomic E-state index is 13.8. The SMILES string of the molecule is CC(C)NC(=O)Cc1cc2cc(OC3CCN(CC4CC4)CC3)ccc2nc1-c1ccc(F)c(Cl)c1. The second-order valence-electron chi connectivity index (χ2n) is 10.4. The predicted molar refractivity (Wildman–Crippen MR) is 142 cm³/mol. The fourth-order valence-corrected chi connectivity index (χ4v) is 5.09. The number of carbonyl (C=O) groups is 1. The van der Waals surface area contributed by atoms with Gasteiger partial charge < -0.3 is 15.0 Å². The lowest BCUT2D eigenvalue weighted by atomic mass is 10.00. The second-order valence-corrected chi connectivity index (χ2v) is 10.8. The van der Waals surface area contributed by atoms with Gasteiger partial charge in [0.2, 0.25) is 5.91 Å². The van der Waals surface area contributed by atoms with Crippen molar-refractivity contribution >= 4 is 28.4 Å². The molecule has 0 radical (unpaired) electrons. The molecule has 1 saturated carbocycles. The van der Waals surface area contributed by atoms with Crippen LogP contribution in [-0.4, -0.2) is 47.6 Å². The first-order valence-electron chi connectivity index (χ1n) is 12.9. The predicted octanol–water partition coefficient (Wildman–Crippen LogP) is 6.01. The number of benzene rings is 2. The van der Waals surface area contributed by atoms with Gasteiger partial charge in [0.15, 0.2) is 0 Å². The normalized spacial score (nSPS) is 17.0. The Labute approximate surface area is 217 Å². The van der Waals surface area contributed by atoms with Crippen molar-refractivity contribution < 1.29 is 13.9 Å². The molecule has 0 spiro atoms. The number of nitrogens with zero attached hydrogens (tertiary/aromatic N) is 2. The summed E-state index contributed by atoms with van der Waals surface area (Å²) in [6.07, 6.45) is 5.22. The van der Waals surface area contributed by atoms with Crippen LogP contribution in [0.1, 0.15) is 45.1 Å². The molecule has 190 valence electrons. The van der Waals surface area contributed by atoms with Crippen LogP contribution in [0.5, 0.6) is 5.75 Å². The molecule has 2 fully saturated rings. The average molecular weight is 510 g/mol. The summed E-state index contributed by atoms with van der Waals surface area (Å²) in [7, 11) is 0. The molecule has 1 amide bonds. The van der Waals surface area contributed by atoms with Crippen molar-refractivity contribution in [1.29, 1.82) is 0 Å². The Bertz CT molecular complexity index is 1250. The van der Waals surface area contributed by atoms with Gasteiger partial charge in [-0.05, 0) is 93.5 Å². The Morgan fingerprint density at radius 1 is 1.14 bits per heavy atom. The van der Waals surface area contributed by atoms with Gasteiger partial charge in [0.05, 0.1) is 22.7 Å². The molecule has 0 atom stereocenters. The summed E-state index contributed by atoms with van der Waals surface area (Å²) in [5.41, 5.74) is 2.84. The molecule has 2 aromatic carbocycles. The van der Waals surface area contributed by atoms with Crippen LogP contribution in [0, 0.1) is 11.7 Å². The summed E-state index contributed by atoms with van der Waals surface area (Å²) in [5, 5.41) is 3.87. The summed E-state index contributed by atoms with van der Waals surface area (Å²) in [6, 6.07) is 12.5. The van der Waals surface area contributed by atoms with Crippen LogP contribution >= 0.6 is 11.6 Å². The Kier molecular flexibility index (Phi) is 7.44. The molecule has 7 heteroatoms. The van der Waals surface area contributed by atoms with Crippen LogP contribution in [0.3, 0.4) is 0 Å². The van der Waals surface area contributed by atoms with Crippen LogP contribution in [0.4, 0.5) is 4.39 Å². The molecule has 1 saturated heterocycles. The number of amides is 1. The van der Waals surface area contributed by atoms with Crippen LogP contribution < -0.4 is 10.1 Å². The maximum Gasteiger partial charge on any atom is 0.224 e. The lowest BCUT2D eigenvalue weighted by Crippen LogP contribution is -2.39. The highest BCUT2D eigenvalue weighted by Crippen LogP contribution is 2.33. The molecule has 1 aliphatic carbocycles. The van der Waals surface area contributed by atoms with E-state index in [9.17, 15) is 9.18 Å². The summed E-state index contributed by atoms with van der Waals surface area (Å²) < 4.78 is 20.2. The van der Waals surface area contributed by atoms with E-state index in [-0.39, 0.29) is 29.5 Å². The second kappa shape index (κ2) is 10.7. The monoisotopic (exact) mass is 509 g/mol. The molecule has 2 heterocycles. The number of likely N-dealkylation sites (tertiary alicyclic amines) is 1. The van der Waals surface area contributed by atoms with Crippen LogP contribution in [0.2, 0.25) is 5.02 Å². The van der Waals surface area contributed by atoms with E-state index in [4.69, 9.17) is 21.3 Å². The molecule has 1 aromatic heterocycles. The highest BCUT2D eigenvalue weighted by Gasteiger charge is 2.27. The van der Waals surface area contributed by atoms with E-state index in [0.717, 1.165) is 54.1 Å². The Morgan fingerprint density at radius 2 is 1.92 bits per heavy atom. The summed E-state index contributed by atoms with van der Waals surface area (Å²) in [6.45, 7) is 7.28. The fraction of sp³-hybridized carbons (Fsp3) is 0.448. The number of rotatable bonds is 8. The first kappa shape index (κ1) is 25.0. The van der Waals surface area contributed by atoms with Crippen LogP contribution in [0.15, 0.2) is 42.5 Å². The number of carbonyl (C=O) groups excluding carboxylic acids is 1.